The number of benzene rings is 2. The van der Waals surface area contributed by atoms with Crippen LogP contribution in [-0.2, 0) is 4.79 Å². The Bertz CT molecular complexity index is 823. The minimum atomic E-state index is -0.0286. The Morgan fingerprint density at radius 3 is 2.13 bits per heavy atom. The average Bonchev–Trinajstić information content (AvgIpc) is 2.82. The normalized spacial score (nSPS) is 18.5. The molecular formula is C25H34N2O4. The maximum absolute atomic E-state index is 12.5. The molecule has 1 aliphatic carbocycles. The lowest BCUT2D eigenvalue weighted by Gasteiger charge is -2.34. The first kappa shape index (κ1) is 22.9. The summed E-state index contributed by atoms with van der Waals surface area (Å²) in [6.45, 7) is 0.733. The lowest BCUT2D eigenvalue weighted by Crippen LogP contribution is -2.36. The molecule has 1 aliphatic rings. The number of nitrogens with zero attached hydrogens (tertiary/aromatic N) is 1. The summed E-state index contributed by atoms with van der Waals surface area (Å²) in [4.78, 5) is 14.9. The third kappa shape index (κ3) is 5.91. The molecule has 0 heterocycles. The number of amides is 1. The first-order chi connectivity index (χ1) is 15.0. The van der Waals surface area contributed by atoms with E-state index in [1.54, 1.807) is 33.5 Å². The summed E-state index contributed by atoms with van der Waals surface area (Å²) in [6, 6.07) is 14.8. The fourth-order valence-electron chi connectivity index (χ4n) is 4.41. The molecular weight excluding hydrogens is 392 g/mol. The van der Waals surface area contributed by atoms with Crippen molar-refractivity contribution >= 4 is 11.6 Å². The number of carbonyl (C=O) groups excluding carboxylic acids is 1. The van der Waals surface area contributed by atoms with E-state index >= 15 is 0 Å². The number of rotatable bonds is 9. The number of carbonyl (C=O) groups is 1. The molecule has 0 saturated heterocycles. The molecule has 0 spiro atoms. The zero-order valence-electron chi connectivity index (χ0n) is 19.0. The van der Waals surface area contributed by atoms with Gasteiger partial charge in [0.05, 0.1) is 21.3 Å². The Labute approximate surface area is 185 Å². The first-order valence-electron chi connectivity index (χ1n) is 10.9. The Kier molecular flexibility index (Phi) is 8.18. The molecule has 1 N–H and O–H groups in total. The summed E-state index contributed by atoms with van der Waals surface area (Å²) in [5.74, 6) is 2.18. The molecule has 6 heteroatoms. The van der Waals surface area contributed by atoms with Crippen molar-refractivity contribution in [3.8, 4) is 17.2 Å². The summed E-state index contributed by atoms with van der Waals surface area (Å²) in [5, 5.41) is 2.95. The zero-order chi connectivity index (χ0) is 22.2. The molecule has 31 heavy (non-hydrogen) atoms. The standard InChI is InChI=1S/C25H34N2O4/c1-27(21-12-10-19(11-13-21)18-8-6-5-7-9-18)15-14-24(28)26-20-16-22(29-2)25(31-4)23(17-20)30-3/h5-9,16-17,19,21H,10-15H2,1-4H3,(H,26,28). The second kappa shape index (κ2) is 11.0. The minimum absolute atomic E-state index is 0.0286. The SMILES string of the molecule is COc1cc(NC(=O)CCN(C)C2CCC(c3ccccc3)CC2)cc(OC)c1OC. The van der Waals surface area contributed by atoms with Gasteiger partial charge in [-0.25, -0.2) is 0 Å². The predicted octanol–water partition coefficient (Wildman–Crippen LogP) is 4.70. The van der Waals surface area contributed by atoms with Crippen molar-refractivity contribution in [3.05, 3.63) is 48.0 Å². The molecule has 2 aromatic carbocycles. The van der Waals surface area contributed by atoms with Crippen LogP contribution >= 0.6 is 0 Å². The van der Waals surface area contributed by atoms with Gasteiger partial charge in [-0.2, -0.15) is 0 Å². The fraction of sp³-hybridized carbons (Fsp3) is 0.480. The van der Waals surface area contributed by atoms with Crippen molar-refractivity contribution in [2.75, 3.05) is 40.2 Å². The van der Waals surface area contributed by atoms with Crippen LogP contribution in [0.2, 0.25) is 0 Å². The second-order valence-electron chi connectivity index (χ2n) is 8.11. The van der Waals surface area contributed by atoms with Crippen molar-refractivity contribution in [1.29, 1.82) is 0 Å². The lowest BCUT2D eigenvalue weighted by molar-refractivity contribution is -0.116. The molecule has 3 rings (SSSR count). The van der Waals surface area contributed by atoms with Crippen molar-refractivity contribution in [2.45, 2.75) is 44.1 Å². The zero-order valence-corrected chi connectivity index (χ0v) is 19.0. The number of hydrogen-bond donors (Lipinski definition) is 1. The van der Waals surface area contributed by atoms with Crippen LogP contribution < -0.4 is 19.5 Å². The number of methoxy groups -OCH3 is 3. The average molecular weight is 427 g/mol. The molecule has 1 amide bonds. The fourth-order valence-corrected chi connectivity index (χ4v) is 4.41. The van der Waals surface area contributed by atoms with E-state index in [0.29, 0.717) is 41.3 Å². The minimum Gasteiger partial charge on any atom is -0.493 e. The Balaban J connectivity index is 1.49. The summed E-state index contributed by atoms with van der Waals surface area (Å²) in [7, 11) is 6.80. The third-order valence-electron chi connectivity index (χ3n) is 6.23. The smallest absolute Gasteiger partial charge is 0.225 e. The molecule has 1 fully saturated rings. The quantitative estimate of drug-likeness (QED) is 0.630. The van der Waals surface area contributed by atoms with Crippen molar-refractivity contribution in [1.82, 2.24) is 4.90 Å². The monoisotopic (exact) mass is 426 g/mol. The molecule has 0 unspecified atom stereocenters. The molecule has 2 aromatic rings. The van der Waals surface area contributed by atoms with Gasteiger partial charge in [-0.3, -0.25) is 4.79 Å². The molecule has 0 aliphatic heterocycles. The van der Waals surface area contributed by atoms with E-state index in [4.69, 9.17) is 14.2 Å². The topological polar surface area (TPSA) is 60.0 Å². The lowest BCUT2D eigenvalue weighted by atomic mass is 9.81. The van der Waals surface area contributed by atoms with Crippen LogP contribution in [-0.4, -0.2) is 51.8 Å². The molecule has 1 saturated carbocycles. The number of hydrogen-bond acceptors (Lipinski definition) is 5. The van der Waals surface area contributed by atoms with Gasteiger partial charge in [-0.05, 0) is 44.2 Å². The predicted molar refractivity (Wildman–Crippen MR) is 123 cm³/mol. The molecule has 0 bridgehead atoms. The number of ether oxygens (including phenoxy) is 3. The summed E-state index contributed by atoms with van der Waals surface area (Å²) >= 11 is 0. The maximum Gasteiger partial charge on any atom is 0.225 e. The van der Waals surface area contributed by atoms with Crippen molar-refractivity contribution < 1.29 is 19.0 Å². The van der Waals surface area contributed by atoms with Crippen LogP contribution in [0, 0.1) is 0 Å². The molecule has 0 atom stereocenters. The Hall–Kier alpha value is -2.73. The van der Waals surface area contributed by atoms with Gasteiger partial charge < -0.3 is 24.4 Å². The second-order valence-corrected chi connectivity index (χ2v) is 8.11. The van der Waals surface area contributed by atoms with Crippen LogP contribution in [0.15, 0.2) is 42.5 Å². The van der Waals surface area contributed by atoms with E-state index < -0.39 is 0 Å². The Morgan fingerprint density at radius 2 is 1.58 bits per heavy atom. The van der Waals surface area contributed by atoms with Crippen LogP contribution in [0.5, 0.6) is 17.2 Å². The van der Waals surface area contributed by atoms with Crippen LogP contribution in [0.3, 0.4) is 0 Å². The van der Waals surface area contributed by atoms with Crippen LogP contribution in [0.1, 0.15) is 43.6 Å². The van der Waals surface area contributed by atoms with Crippen molar-refractivity contribution in [3.63, 3.8) is 0 Å². The van der Waals surface area contributed by atoms with Gasteiger partial charge in [0, 0.05) is 36.8 Å². The molecule has 168 valence electrons. The highest BCUT2D eigenvalue weighted by molar-refractivity contribution is 5.91. The summed E-state index contributed by atoms with van der Waals surface area (Å²) in [5.41, 5.74) is 2.08. The highest BCUT2D eigenvalue weighted by Crippen LogP contribution is 2.40. The summed E-state index contributed by atoms with van der Waals surface area (Å²) in [6.07, 6.45) is 5.19. The third-order valence-corrected chi connectivity index (χ3v) is 6.23. The number of anilines is 1. The van der Waals surface area contributed by atoms with Crippen LogP contribution in [0.4, 0.5) is 5.69 Å². The maximum atomic E-state index is 12.5. The van der Waals surface area contributed by atoms with E-state index in [0.717, 1.165) is 6.54 Å². The van der Waals surface area contributed by atoms with Gasteiger partial charge in [0.2, 0.25) is 11.7 Å². The van der Waals surface area contributed by atoms with Gasteiger partial charge in [0.1, 0.15) is 0 Å². The molecule has 6 nitrogen and oxygen atoms in total. The molecule has 0 radical (unpaired) electrons. The van der Waals surface area contributed by atoms with E-state index in [9.17, 15) is 4.79 Å². The van der Waals surface area contributed by atoms with Gasteiger partial charge >= 0.3 is 0 Å². The van der Waals surface area contributed by atoms with E-state index in [1.165, 1.54) is 31.2 Å². The highest BCUT2D eigenvalue weighted by Gasteiger charge is 2.25. The van der Waals surface area contributed by atoms with E-state index in [-0.39, 0.29) is 5.91 Å². The van der Waals surface area contributed by atoms with E-state index in [1.807, 2.05) is 0 Å². The Morgan fingerprint density at radius 1 is 0.968 bits per heavy atom. The largest absolute Gasteiger partial charge is 0.493 e. The van der Waals surface area contributed by atoms with Crippen molar-refractivity contribution in [2.24, 2.45) is 0 Å². The van der Waals surface area contributed by atoms with E-state index in [2.05, 4.69) is 47.6 Å². The first-order valence-corrected chi connectivity index (χ1v) is 10.9. The molecule has 0 aromatic heterocycles. The van der Waals surface area contributed by atoms with Gasteiger partial charge in [0.15, 0.2) is 11.5 Å². The summed E-state index contributed by atoms with van der Waals surface area (Å²) < 4.78 is 16.0. The van der Waals surface area contributed by atoms with Gasteiger partial charge in [-0.15, -0.1) is 0 Å². The van der Waals surface area contributed by atoms with Gasteiger partial charge in [-0.1, -0.05) is 30.3 Å². The highest BCUT2D eigenvalue weighted by atomic mass is 16.5. The van der Waals surface area contributed by atoms with Gasteiger partial charge in [0.25, 0.3) is 0 Å². The number of nitrogens with one attached hydrogen (secondary N) is 1. The van der Waals surface area contributed by atoms with Crippen LogP contribution in [0.25, 0.3) is 0 Å².